The lowest BCUT2D eigenvalue weighted by Gasteiger charge is -2.25. The van der Waals surface area contributed by atoms with Crippen LogP contribution in [0.25, 0.3) is 11.0 Å². The minimum atomic E-state index is -0.903. The van der Waals surface area contributed by atoms with Crippen LogP contribution in [0.4, 0.5) is 0 Å². The average molecular weight is 286 g/mol. The molecule has 21 heavy (non-hydrogen) atoms. The SMILES string of the molecule is O=C(O)c1cccc2c1nc(C1CC1)n2C1CCOCC1. The van der Waals surface area contributed by atoms with Gasteiger partial charge in [0, 0.05) is 25.2 Å². The standard InChI is InChI=1S/C16H18N2O3/c19-16(20)12-2-1-3-13-14(12)17-15(10-4-5-10)18(13)11-6-8-21-9-7-11/h1-3,10-11H,4-9H2,(H,19,20). The second-order valence-electron chi connectivity index (χ2n) is 5.94. The van der Waals surface area contributed by atoms with E-state index in [1.165, 1.54) is 0 Å². The molecule has 1 aliphatic heterocycles. The third kappa shape index (κ3) is 2.12. The maximum absolute atomic E-state index is 11.4. The molecule has 5 nitrogen and oxygen atoms in total. The summed E-state index contributed by atoms with van der Waals surface area (Å²) in [5.41, 5.74) is 1.90. The molecule has 1 saturated carbocycles. The van der Waals surface area contributed by atoms with Crippen molar-refractivity contribution < 1.29 is 14.6 Å². The second-order valence-corrected chi connectivity index (χ2v) is 5.94. The first-order chi connectivity index (χ1) is 10.3. The predicted octanol–water partition coefficient (Wildman–Crippen LogP) is 2.96. The van der Waals surface area contributed by atoms with E-state index < -0.39 is 5.97 Å². The molecular weight excluding hydrogens is 268 g/mol. The number of aromatic nitrogens is 2. The van der Waals surface area contributed by atoms with Crippen LogP contribution in [0, 0.1) is 0 Å². The molecule has 1 aromatic heterocycles. The Morgan fingerprint density at radius 1 is 1.24 bits per heavy atom. The fraction of sp³-hybridized carbons (Fsp3) is 0.500. The van der Waals surface area contributed by atoms with E-state index >= 15 is 0 Å². The van der Waals surface area contributed by atoms with Gasteiger partial charge >= 0.3 is 5.97 Å². The number of carbonyl (C=O) groups is 1. The molecule has 2 fully saturated rings. The van der Waals surface area contributed by atoms with Crippen molar-refractivity contribution >= 4 is 17.0 Å². The number of rotatable bonds is 3. The number of fused-ring (bicyclic) bond motifs is 1. The Hall–Kier alpha value is -1.88. The number of carboxylic acid groups (broad SMARTS) is 1. The van der Waals surface area contributed by atoms with Crippen LogP contribution in [-0.4, -0.2) is 33.8 Å². The van der Waals surface area contributed by atoms with Crippen LogP contribution in [0.15, 0.2) is 18.2 Å². The molecule has 2 heterocycles. The smallest absolute Gasteiger partial charge is 0.337 e. The normalized spacial score (nSPS) is 20.0. The highest BCUT2D eigenvalue weighted by atomic mass is 16.5. The van der Waals surface area contributed by atoms with Crippen LogP contribution in [0.3, 0.4) is 0 Å². The van der Waals surface area contributed by atoms with Crippen LogP contribution in [0.2, 0.25) is 0 Å². The number of para-hydroxylation sites is 1. The number of hydrogen-bond donors (Lipinski definition) is 1. The third-order valence-corrected chi connectivity index (χ3v) is 4.48. The van der Waals surface area contributed by atoms with E-state index in [0.717, 1.165) is 50.2 Å². The van der Waals surface area contributed by atoms with Gasteiger partial charge in [0.2, 0.25) is 0 Å². The fourth-order valence-corrected chi connectivity index (χ4v) is 3.26. The molecule has 2 aromatic rings. The fourth-order valence-electron chi connectivity index (χ4n) is 3.26. The highest BCUT2D eigenvalue weighted by Crippen LogP contribution is 2.43. The molecule has 1 saturated heterocycles. The molecule has 4 rings (SSSR count). The molecule has 0 radical (unpaired) electrons. The summed E-state index contributed by atoms with van der Waals surface area (Å²) in [6.07, 6.45) is 4.27. The summed E-state index contributed by atoms with van der Waals surface area (Å²) >= 11 is 0. The van der Waals surface area contributed by atoms with Gasteiger partial charge in [0.15, 0.2) is 0 Å². The first kappa shape index (κ1) is 12.8. The Bertz CT molecular complexity index is 697. The summed E-state index contributed by atoms with van der Waals surface area (Å²) in [6, 6.07) is 5.84. The van der Waals surface area contributed by atoms with Crippen molar-refractivity contribution in [2.24, 2.45) is 0 Å². The number of hydrogen-bond acceptors (Lipinski definition) is 3. The monoisotopic (exact) mass is 286 g/mol. The summed E-state index contributed by atoms with van der Waals surface area (Å²) in [6.45, 7) is 1.54. The molecule has 0 bridgehead atoms. The molecule has 0 unspecified atom stereocenters. The highest BCUT2D eigenvalue weighted by Gasteiger charge is 2.33. The number of imidazole rings is 1. The van der Waals surface area contributed by atoms with Crippen LogP contribution < -0.4 is 0 Å². The third-order valence-electron chi connectivity index (χ3n) is 4.48. The lowest BCUT2D eigenvalue weighted by atomic mass is 10.1. The largest absolute Gasteiger partial charge is 0.478 e. The molecule has 1 aromatic carbocycles. The Kier molecular flexibility index (Phi) is 2.96. The first-order valence-electron chi connectivity index (χ1n) is 7.57. The van der Waals surface area contributed by atoms with E-state index in [2.05, 4.69) is 4.57 Å². The van der Waals surface area contributed by atoms with Crippen LogP contribution in [0.1, 0.15) is 53.8 Å². The van der Waals surface area contributed by atoms with Crippen molar-refractivity contribution in [1.82, 2.24) is 9.55 Å². The van der Waals surface area contributed by atoms with E-state index in [4.69, 9.17) is 9.72 Å². The molecule has 110 valence electrons. The van der Waals surface area contributed by atoms with Crippen LogP contribution >= 0.6 is 0 Å². The van der Waals surface area contributed by atoms with Gasteiger partial charge in [-0.25, -0.2) is 9.78 Å². The molecular formula is C16H18N2O3. The number of ether oxygens (including phenoxy) is 1. The van der Waals surface area contributed by atoms with Crippen molar-refractivity contribution in [3.05, 3.63) is 29.6 Å². The molecule has 1 N–H and O–H groups in total. The van der Waals surface area contributed by atoms with E-state index in [-0.39, 0.29) is 0 Å². The maximum Gasteiger partial charge on any atom is 0.337 e. The van der Waals surface area contributed by atoms with Gasteiger partial charge in [0.1, 0.15) is 11.3 Å². The zero-order valence-corrected chi connectivity index (χ0v) is 11.8. The number of nitrogens with zero attached hydrogens (tertiary/aromatic N) is 2. The van der Waals surface area contributed by atoms with E-state index in [1.807, 2.05) is 12.1 Å². The topological polar surface area (TPSA) is 64.3 Å². The summed E-state index contributed by atoms with van der Waals surface area (Å²) in [5.74, 6) is 0.673. The van der Waals surface area contributed by atoms with E-state index in [0.29, 0.717) is 23.0 Å². The van der Waals surface area contributed by atoms with Crippen LogP contribution in [0.5, 0.6) is 0 Å². The van der Waals surface area contributed by atoms with Gasteiger partial charge in [-0.2, -0.15) is 0 Å². The van der Waals surface area contributed by atoms with E-state index in [1.54, 1.807) is 6.07 Å². The summed E-state index contributed by atoms with van der Waals surface area (Å²) in [4.78, 5) is 16.1. The Morgan fingerprint density at radius 2 is 2.00 bits per heavy atom. The van der Waals surface area contributed by atoms with Crippen molar-refractivity contribution in [3.63, 3.8) is 0 Å². The molecule has 0 amide bonds. The Morgan fingerprint density at radius 3 is 2.67 bits per heavy atom. The Labute approximate surface area is 122 Å². The van der Waals surface area contributed by atoms with Crippen molar-refractivity contribution in [2.75, 3.05) is 13.2 Å². The van der Waals surface area contributed by atoms with Gasteiger partial charge in [-0.1, -0.05) is 6.07 Å². The summed E-state index contributed by atoms with van der Waals surface area (Å²) in [7, 11) is 0. The quantitative estimate of drug-likeness (QED) is 0.942. The highest BCUT2D eigenvalue weighted by molar-refractivity contribution is 6.01. The van der Waals surface area contributed by atoms with Gasteiger partial charge < -0.3 is 14.4 Å². The van der Waals surface area contributed by atoms with Crippen molar-refractivity contribution in [3.8, 4) is 0 Å². The summed E-state index contributed by atoms with van der Waals surface area (Å²) in [5, 5.41) is 9.38. The van der Waals surface area contributed by atoms with Gasteiger partial charge in [-0.15, -0.1) is 0 Å². The lowest BCUT2D eigenvalue weighted by Crippen LogP contribution is -2.21. The van der Waals surface area contributed by atoms with Gasteiger partial charge in [-0.05, 0) is 37.8 Å². The number of aromatic carboxylic acids is 1. The average Bonchev–Trinajstić information content (AvgIpc) is 3.27. The minimum Gasteiger partial charge on any atom is -0.478 e. The molecule has 0 atom stereocenters. The number of carboxylic acids is 1. The van der Waals surface area contributed by atoms with Gasteiger partial charge in [0.05, 0.1) is 11.1 Å². The molecule has 0 spiro atoms. The van der Waals surface area contributed by atoms with Crippen molar-refractivity contribution in [1.29, 1.82) is 0 Å². The predicted molar refractivity (Wildman–Crippen MR) is 77.8 cm³/mol. The molecule has 2 aliphatic rings. The van der Waals surface area contributed by atoms with Crippen LogP contribution in [-0.2, 0) is 4.74 Å². The van der Waals surface area contributed by atoms with Gasteiger partial charge in [0.25, 0.3) is 0 Å². The van der Waals surface area contributed by atoms with Gasteiger partial charge in [-0.3, -0.25) is 0 Å². The molecule has 5 heteroatoms. The Balaban J connectivity index is 1.91. The maximum atomic E-state index is 11.4. The molecule has 1 aliphatic carbocycles. The zero-order valence-electron chi connectivity index (χ0n) is 11.8. The first-order valence-corrected chi connectivity index (χ1v) is 7.57. The minimum absolute atomic E-state index is 0.306. The number of benzene rings is 1. The van der Waals surface area contributed by atoms with Crippen molar-refractivity contribution in [2.45, 2.75) is 37.6 Å². The lowest BCUT2D eigenvalue weighted by molar-refractivity contribution is 0.0693. The summed E-state index contributed by atoms with van der Waals surface area (Å²) < 4.78 is 7.75. The zero-order chi connectivity index (χ0) is 14.4. The van der Waals surface area contributed by atoms with E-state index in [9.17, 15) is 9.90 Å². The second kappa shape index (κ2) is 4.84.